The van der Waals surface area contributed by atoms with E-state index in [1.54, 1.807) is 18.2 Å². The van der Waals surface area contributed by atoms with Crippen molar-refractivity contribution in [3.05, 3.63) is 51.5 Å². The average molecular weight is 434 g/mol. The number of benzene rings is 1. The Bertz CT molecular complexity index is 1250. The van der Waals surface area contributed by atoms with E-state index < -0.39 is 10.0 Å². The van der Waals surface area contributed by atoms with E-state index in [1.807, 2.05) is 6.07 Å². The first-order valence-electron chi connectivity index (χ1n) is 8.99. The Morgan fingerprint density at radius 2 is 2.10 bits per heavy atom. The van der Waals surface area contributed by atoms with Crippen LogP contribution in [0.25, 0.3) is 10.9 Å². The number of para-hydroxylation sites is 1. The molecular formula is C18H19N5O4S2. The van der Waals surface area contributed by atoms with Gasteiger partial charge in [-0.05, 0) is 12.1 Å². The van der Waals surface area contributed by atoms with Crippen LogP contribution in [0.2, 0.25) is 0 Å². The summed E-state index contributed by atoms with van der Waals surface area (Å²) in [5, 5.41) is 3.70. The molecule has 0 fully saturated rings. The lowest BCUT2D eigenvalue weighted by Crippen LogP contribution is -2.34. The number of sulfonamides is 1. The number of carbonyl (C=O) groups excluding carboxylic acids is 1. The minimum Gasteiger partial charge on any atom is -0.302 e. The van der Waals surface area contributed by atoms with Gasteiger partial charge in [-0.1, -0.05) is 12.1 Å². The zero-order valence-corrected chi connectivity index (χ0v) is 17.3. The van der Waals surface area contributed by atoms with Gasteiger partial charge in [-0.15, -0.1) is 11.3 Å². The van der Waals surface area contributed by atoms with Crippen molar-refractivity contribution in [3.63, 3.8) is 0 Å². The number of nitrogens with zero attached hydrogens (tertiary/aromatic N) is 4. The van der Waals surface area contributed by atoms with E-state index in [9.17, 15) is 18.0 Å². The third kappa shape index (κ3) is 4.21. The molecule has 4 rings (SSSR count). The van der Waals surface area contributed by atoms with Gasteiger partial charge in [0.1, 0.15) is 0 Å². The molecule has 152 valence electrons. The van der Waals surface area contributed by atoms with E-state index in [0.717, 1.165) is 10.6 Å². The van der Waals surface area contributed by atoms with E-state index in [4.69, 9.17) is 0 Å². The van der Waals surface area contributed by atoms with Gasteiger partial charge in [-0.2, -0.15) is 4.31 Å². The van der Waals surface area contributed by atoms with E-state index in [1.165, 1.54) is 32.8 Å². The second-order valence-electron chi connectivity index (χ2n) is 6.79. The van der Waals surface area contributed by atoms with Crippen molar-refractivity contribution in [2.75, 3.05) is 18.1 Å². The molecule has 1 aliphatic rings. The van der Waals surface area contributed by atoms with Gasteiger partial charge < -0.3 is 5.32 Å². The summed E-state index contributed by atoms with van der Waals surface area (Å²) < 4.78 is 26.3. The van der Waals surface area contributed by atoms with Crippen LogP contribution in [0, 0.1) is 0 Å². The molecule has 9 nitrogen and oxygen atoms in total. The lowest BCUT2D eigenvalue weighted by molar-refractivity contribution is -0.116. The number of hydrogen-bond acceptors (Lipinski definition) is 7. The van der Waals surface area contributed by atoms with Crippen molar-refractivity contribution in [2.24, 2.45) is 0 Å². The number of aryl methyl sites for hydroxylation is 1. The van der Waals surface area contributed by atoms with E-state index in [0.29, 0.717) is 29.0 Å². The summed E-state index contributed by atoms with van der Waals surface area (Å²) in [6.45, 7) is 0.871. The van der Waals surface area contributed by atoms with Gasteiger partial charge in [0, 0.05) is 37.4 Å². The average Bonchev–Trinajstić information content (AvgIpc) is 3.08. The van der Waals surface area contributed by atoms with Crippen LogP contribution in [0.4, 0.5) is 5.13 Å². The Morgan fingerprint density at radius 3 is 2.90 bits per heavy atom. The van der Waals surface area contributed by atoms with Gasteiger partial charge >= 0.3 is 0 Å². The summed E-state index contributed by atoms with van der Waals surface area (Å²) in [6.07, 6.45) is 3.25. The Morgan fingerprint density at radius 1 is 1.31 bits per heavy atom. The molecule has 2 aromatic heterocycles. The molecule has 1 aliphatic heterocycles. The summed E-state index contributed by atoms with van der Waals surface area (Å²) in [5.74, 6) is -0.267. The predicted molar refractivity (Wildman–Crippen MR) is 110 cm³/mol. The number of fused-ring (bicyclic) bond motifs is 2. The maximum atomic E-state index is 12.5. The molecule has 29 heavy (non-hydrogen) atoms. The first-order chi connectivity index (χ1) is 13.8. The molecule has 0 radical (unpaired) electrons. The third-order valence-corrected chi connectivity index (χ3v) is 6.97. The lowest BCUT2D eigenvalue weighted by Gasteiger charge is -2.23. The van der Waals surface area contributed by atoms with Gasteiger partial charge in [0.05, 0.1) is 29.2 Å². The monoisotopic (exact) mass is 433 g/mol. The molecule has 3 heterocycles. The molecule has 0 aliphatic carbocycles. The number of aromatic nitrogens is 3. The number of rotatable bonds is 5. The lowest BCUT2D eigenvalue weighted by atomic mass is 10.2. The van der Waals surface area contributed by atoms with Crippen molar-refractivity contribution in [1.29, 1.82) is 0 Å². The van der Waals surface area contributed by atoms with Crippen LogP contribution in [0.5, 0.6) is 0 Å². The molecule has 0 unspecified atom stereocenters. The highest BCUT2D eigenvalue weighted by molar-refractivity contribution is 7.88. The molecule has 11 heteroatoms. The highest BCUT2D eigenvalue weighted by atomic mass is 32.2. The molecule has 0 saturated carbocycles. The molecule has 0 saturated heterocycles. The summed E-state index contributed by atoms with van der Waals surface area (Å²) in [7, 11) is -3.25. The SMILES string of the molecule is CS(=O)(=O)N1CCc2nc(NC(=O)CCn3cnc4ccccc4c3=O)sc2C1. The highest BCUT2D eigenvalue weighted by Gasteiger charge is 2.26. The van der Waals surface area contributed by atoms with Crippen LogP contribution in [0.3, 0.4) is 0 Å². The van der Waals surface area contributed by atoms with Gasteiger partial charge in [-0.3, -0.25) is 14.2 Å². The van der Waals surface area contributed by atoms with Crippen molar-refractivity contribution in [2.45, 2.75) is 25.9 Å². The van der Waals surface area contributed by atoms with Gasteiger partial charge in [0.15, 0.2) is 5.13 Å². The van der Waals surface area contributed by atoms with Crippen LogP contribution < -0.4 is 10.9 Å². The Kier molecular flexibility index (Phi) is 5.19. The van der Waals surface area contributed by atoms with Crippen LogP contribution in [0.1, 0.15) is 17.0 Å². The largest absolute Gasteiger partial charge is 0.302 e. The fourth-order valence-corrected chi connectivity index (χ4v) is 5.09. The zero-order valence-electron chi connectivity index (χ0n) is 15.7. The molecular weight excluding hydrogens is 414 g/mol. The first-order valence-corrected chi connectivity index (χ1v) is 11.7. The number of anilines is 1. The van der Waals surface area contributed by atoms with E-state index >= 15 is 0 Å². The zero-order chi connectivity index (χ0) is 20.6. The smallest absolute Gasteiger partial charge is 0.261 e. The molecule has 3 aromatic rings. The van der Waals surface area contributed by atoms with E-state index in [-0.39, 0.29) is 31.0 Å². The Hall–Kier alpha value is -2.63. The fraction of sp³-hybridized carbons (Fsp3) is 0.333. The minimum absolute atomic E-state index is 0.0969. The number of hydrogen-bond donors (Lipinski definition) is 1. The number of nitrogens with one attached hydrogen (secondary N) is 1. The molecule has 0 bridgehead atoms. The number of thiazole rings is 1. The van der Waals surface area contributed by atoms with Crippen molar-refractivity contribution in [3.8, 4) is 0 Å². The van der Waals surface area contributed by atoms with Crippen LogP contribution in [-0.2, 0) is 34.3 Å². The normalized spacial score (nSPS) is 14.7. The Labute approximate surface area is 171 Å². The minimum atomic E-state index is -3.25. The first kappa shape index (κ1) is 19.7. The highest BCUT2D eigenvalue weighted by Crippen LogP contribution is 2.29. The molecule has 0 atom stereocenters. The topological polar surface area (TPSA) is 114 Å². The third-order valence-electron chi connectivity index (χ3n) is 4.72. The van der Waals surface area contributed by atoms with Crippen molar-refractivity contribution >= 4 is 43.3 Å². The maximum Gasteiger partial charge on any atom is 0.261 e. The fourth-order valence-electron chi connectivity index (χ4n) is 3.18. The molecule has 1 amide bonds. The van der Waals surface area contributed by atoms with Crippen LogP contribution >= 0.6 is 11.3 Å². The summed E-state index contributed by atoms with van der Waals surface area (Å²) in [5.41, 5.74) is 1.25. The standard InChI is InChI=1S/C18H19N5O4S2/c1-29(26,27)23-9-6-14-15(10-23)28-18(20-14)21-16(24)7-8-22-11-19-13-5-3-2-4-12(13)17(22)25/h2-5,11H,6-10H2,1H3,(H,20,21,24). The molecule has 0 spiro atoms. The Balaban J connectivity index is 1.41. The van der Waals surface area contributed by atoms with Gasteiger partial charge in [-0.25, -0.2) is 18.4 Å². The van der Waals surface area contributed by atoms with Crippen LogP contribution in [0.15, 0.2) is 35.4 Å². The summed E-state index contributed by atoms with van der Waals surface area (Å²) in [4.78, 5) is 34.3. The molecule has 1 aromatic carbocycles. The quantitative estimate of drug-likeness (QED) is 0.647. The van der Waals surface area contributed by atoms with Crippen molar-refractivity contribution in [1.82, 2.24) is 18.8 Å². The second-order valence-corrected chi connectivity index (χ2v) is 9.86. The van der Waals surface area contributed by atoms with Crippen molar-refractivity contribution < 1.29 is 13.2 Å². The number of amides is 1. The van der Waals surface area contributed by atoms with Gasteiger partial charge in [0.25, 0.3) is 5.56 Å². The predicted octanol–water partition coefficient (Wildman–Crippen LogP) is 1.20. The second kappa shape index (κ2) is 7.65. The molecule has 1 N–H and O–H groups in total. The number of carbonyl (C=O) groups is 1. The van der Waals surface area contributed by atoms with Crippen LogP contribution in [-0.4, -0.2) is 46.0 Å². The summed E-state index contributed by atoms with van der Waals surface area (Å²) in [6, 6.07) is 7.07. The summed E-state index contributed by atoms with van der Waals surface area (Å²) >= 11 is 1.28. The van der Waals surface area contributed by atoms with E-state index in [2.05, 4.69) is 15.3 Å². The van der Waals surface area contributed by atoms with Gasteiger partial charge in [0.2, 0.25) is 15.9 Å². The maximum absolute atomic E-state index is 12.5.